The molecule has 0 saturated carbocycles. The number of aromatic nitrogens is 1. The molecule has 6 heteroatoms. The van der Waals surface area contributed by atoms with E-state index in [1.54, 1.807) is 0 Å². The lowest BCUT2D eigenvalue weighted by Gasteiger charge is -2.12. The summed E-state index contributed by atoms with van der Waals surface area (Å²) in [7, 11) is 0. The molecule has 4 nitrogen and oxygen atoms in total. The number of benzene rings is 2. The summed E-state index contributed by atoms with van der Waals surface area (Å²) in [5.74, 6) is 0. The van der Waals surface area contributed by atoms with Crippen LogP contribution >= 0.6 is 31.9 Å². The number of nitrogens with one attached hydrogen (secondary N) is 1. The van der Waals surface area contributed by atoms with E-state index in [9.17, 15) is 4.79 Å². The molecule has 1 aromatic heterocycles. The molecule has 1 unspecified atom stereocenters. The quantitative estimate of drug-likeness (QED) is 0.662. The molecule has 1 amide bonds. The molecule has 0 aliphatic carbocycles. The van der Waals surface area contributed by atoms with Crippen LogP contribution in [0.25, 0.3) is 21.8 Å². The zero-order chi connectivity index (χ0) is 15.3. The van der Waals surface area contributed by atoms with Gasteiger partial charge in [0, 0.05) is 30.8 Å². The summed E-state index contributed by atoms with van der Waals surface area (Å²) in [6, 6.07) is 12.5. The Kier molecular flexibility index (Phi) is 3.38. The van der Waals surface area contributed by atoms with Gasteiger partial charge in [-0.05, 0) is 36.4 Å². The lowest BCUT2D eigenvalue weighted by Crippen LogP contribution is -2.20. The van der Waals surface area contributed by atoms with Gasteiger partial charge >= 0.3 is 6.09 Å². The van der Waals surface area contributed by atoms with Gasteiger partial charge in [-0.2, -0.15) is 0 Å². The molecule has 0 bridgehead atoms. The first-order valence-corrected chi connectivity index (χ1v) is 8.52. The highest BCUT2D eigenvalue weighted by Crippen LogP contribution is 2.33. The van der Waals surface area contributed by atoms with Crippen molar-refractivity contribution in [2.75, 3.05) is 6.54 Å². The number of carbonyl (C=O) groups is 1. The predicted octanol–water partition coefficient (Wildman–Crippen LogP) is 4.43. The second kappa shape index (κ2) is 5.28. The maximum Gasteiger partial charge on any atom is 0.407 e. The second-order valence-corrected chi connectivity index (χ2v) is 7.17. The third-order valence-electron chi connectivity index (χ3n) is 3.92. The molecule has 1 fully saturated rings. The van der Waals surface area contributed by atoms with Crippen molar-refractivity contribution < 1.29 is 9.53 Å². The van der Waals surface area contributed by atoms with Crippen LogP contribution in [0.4, 0.5) is 4.79 Å². The molecule has 0 spiro atoms. The molecule has 2 heterocycles. The van der Waals surface area contributed by atoms with E-state index < -0.39 is 0 Å². The average molecular weight is 424 g/mol. The highest BCUT2D eigenvalue weighted by atomic mass is 79.9. The minimum atomic E-state index is -0.337. The average Bonchev–Trinajstić information content (AvgIpc) is 3.02. The molecule has 0 radical (unpaired) electrons. The molecule has 22 heavy (non-hydrogen) atoms. The number of cyclic esters (lactones) is 1. The van der Waals surface area contributed by atoms with Gasteiger partial charge in [0.25, 0.3) is 0 Å². The smallest absolute Gasteiger partial charge is 0.407 e. The number of rotatable bonds is 2. The van der Waals surface area contributed by atoms with Gasteiger partial charge in [-0.15, -0.1) is 0 Å². The number of alkyl carbamates (subject to hydrolysis) is 1. The first-order chi connectivity index (χ1) is 10.6. The number of amides is 1. The zero-order valence-corrected chi connectivity index (χ0v) is 14.6. The molecule has 4 rings (SSSR count). The first-order valence-electron chi connectivity index (χ1n) is 6.93. The molecule has 1 aliphatic rings. The second-order valence-electron chi connectivity index (χ2n) is 5.34. The summed E-state index contributed by atoms with van der Waals surface area (Å²) in [5, 5.41) is 5.07. The standard InChI is InChI=1S/C16H12Br2N2O2/c17-9-1-3-14-12(5-9)13-6-10(18)2-4-15(13)20(14)8-11-7-19-16(21)22-11/h1-6,11H,7-8H2,(H,19,21). The number of halogens is 2. The fourth-order valence-electron chi connectivity index (χ4n) is 2.98. The predicted molar refractivity (Wildman–Crippen MR) is 93.1 cm³/mol. The summed E-state index contributed by atoms with van der Waals surface area (Å²) >= 11 is 7.08. The van der Waals surface area contributed by atoms with E-state index in [0.29, 0.717) is 13.1 Å². The maximum absolute atomic E-state index is 11.2. The van der Waals surface area contributed by atoms with Crippen molar-refractivity contribution >= 4 is 59.8 Å². The molecule has 3 aromatic rings. The van der Waals surface area contributed by atoms with Crippen molar-refractivity contribution in [1.29, 1.82) is 0 Å². The number of fused-ring (bicyclic) bond motifs is 3. The Morgan fingerprint density at radius 2 is 1.68 bits per heavy atom. The fourth-order valence-corrected chi connectivity index (χ4v) is 3.70. The van der Waals surface area contributed by atoms with Crippen LogP contribution < -0.4 is 5.32 Å². The molecule has 2 aromatic carbocycles. The number of nitrogens with zero attached hydrogens (tertiary/aromatic N) is 1. The van der Waals surface area contributed by atoms with E-state index in [1.165, 1.54) is 10.8 Å². The lowest BCUT2D eigenvalue weighted by atomic mass is 10.2. The molecule has 1 aliphatic heterocycles. The Morgan fingerprint density at radius 3 is 2.18 bits per heavy atom. The van der Waals surface area contributed by atoms with Gasteiger partial charge in [0.15, 0.2) is 0 Å². The van der Waals surface area contributed by atoms with Gasteiger partial charge in [-0.25, -0.2) is 4.79 Å². The summed E-state index contributed by atoms with van der Waals surface area (Å²) in [5.41, 5.74) is 2.28. The van der Waals surface area contributed by atoms with Gasteiger partial charge in [-0.1, -0.05) is 31.9 Å². The SMILES string of the molecule is O=C1NCC(Cn2c3ccc(Br)cc3c3cc(Br)ccc32)O1. The minimum Gasteiger partial charge on any atom is -0.442 e. The van der Waals surface area contributed by atoms with E-state index in [4.69, 9.17) is 4.74 Å². The van der Waals surface area contributed by atoms with Gasteiger partial charge in [0.1, 0.15) is 6.10 Å². The maximum atomic E-state index is 11.2. The van der Waals surface area contributed by atoms with Gasteiger partial charge < -0.3 is 14.6 Å². The van der Waals surface area contributed by atoms with E-state index in [-0.39, 0.29) is 12.2 Å². The van der Waals surface area contributed by atoms with E-state index in [2.05, 4.69) is 66.0 Å². The van der Waals surface area contributed by atoms with Gasteiger partial charge in [0.05, 0.1) is 13.1 Å². The Hall–Kier alpha value is -1.53. The normalized spacial score (nSPS) is 17.9. The van der Waals surface area contributed by atoms with Crippen molar-refractivity contribution in [1.82, 2.24) is 9.88 Å². The molecule has 112 valence electrons. The Morgan fingerprint density at radius 1 is 1.09 bits per heavy atom. The third kappa shape index (κ3) is 2.30. The zero-order valence-electron chi connectivity index (χ0n) is 11.5. The summed E-state index contributed by atoms with van der Waals surface area (Å²) in [6.07, 6.45) is -0.477. The molecule has 1 atom stereocenters. The van der Waals surface area contributed by atoms with E-state index >= 15 is 0 Å². The van der Waals surface area contributed by atoms with Gasteiger partial charge in [-0.3, -0.25) is 0 Å². The van der Waals surface area contributed by atoms with Crippen LogP contribution in [0, 0.1) is 0 Å². The van der Waals surface area contributed by atoms with Gasteiger partial charge in [0.2, 0.25) is 0 Å². The molecule has 1 saturated heterocycles. The Bertz CT molecular complexity index is 845. The van der Waals surface area contributed by atoms with E-state index in [0.717, 1.165) is 20.0 Å². The molecular formula is C16H12Br2N2O2. The fraction of sp³-hybridized carbons (Fsp3) is 0.188. The number of carbonyl (C=O) groups excluding carboxylic acids is 1. The van der Waals surface area contributed by atoms with Crippen LogP contribution in [0.2, 0.25) is 0 Å². The molecule has 1 N–H and O–H groups in total. The largest absolute Gasteiger partial charge is 0.442 e. The summed E-state index contributed by atoms with van der Waals surface area (Å²) in [4.78, 5) is 11.2. The number of hydrogen-bond acceptors (Lipinski definition) is 2. The topological polar surface area (TPSA) is 43.3 Å². The molecular weight excluding hydrogens is 412 g/mol. The van der Waals surface area contributed by atoms with Crippen LogP contribution in [0.1, 0.15) is 0 Å². The van der Waals surface area contributed by atoms with Crippen LogP contribution in [0.5, 0.6) is 0 Å². The Labute approximate surface area is 143 Å². The monoisotopic (exact) mass is 422 g/mol. The van der Waals surface area contributed by atoms with E-state index in [1.807, 2.05) is 12.1 Å². The number of hydrogen-bond donors (Lipinski definition) is 1. The van der Waals surface area contributed by atoms with Crippen LogP contribution in [-0.2, 0) is 11.3 Å². The van der Waals surface area contributed by atoms with Crippen molar-refractivity contribution in [2.24, 2.45) is 0 Å². The van der Waals surface area contributed by atoms with Crippen LogP contribution in [0.15, 0.2) is 45.3 Å². The third-order valence-corrected chi connectivity index (χ3v) is 4.91. The van der Waals surface area contributed by atoms with Crippen molar-refractivity contribution in [2.45, 2.75) is 12.6 Å². The lowest BCUT2D eigenvalue weighted by molar-refractivity contribution is 0.132. The summed E-state index contributed by atoms with van der Waals surface area (Å²) < 4.78 is 9.61. The highest BCUT2D eigenvalue weighted by Gasteiger charge is 2.24. The van der Waals surface area contributed by atoms with Crippen LogP contribution in [0.3, 0.4) is 0 Å². The van der Waals surface area contributed by atoms with Crippen molar-refractivity contribution in [3.8, 4) is 0 Å². The minimum absolute atomic E-state index is 0.140. The number of ether oxygens (including phenoxy) is 1. The Balaban J connectivity index is 1.92. The van der Waals surface area contributed by atoms with Crippen molar-refractivity contribution in [3.63, 3.8) is 0 Å². The first kappa shape index (κ1) is 14.1. The summed E-state index contributed by atoms with van der Waals surface area (Å²) in [6.45, 7) is 1.19. The van der Waals surface area contributed by atoms with Crippen LogP contribution in [-0.4, -0.2) is 23.3 Å². The highest BCUT2D eigenvalue weighted by molar-refractivity contribution is 9.10. The van der Waals surface area contributed by atoms with Crippen molar-refractivity contribution in [3.05, 3.63) is 45.3 Å².